The van der Waals surface area contributed by atoms with Gasteiger partial charge in [-0.25, -0.2) is 18.1 Å². The predicted molar refractivity (Wildman–Crippen MR) is 72.2 cm³/mol. The Hall–Kier alpha value is -1.89. The molecule has 2 rings (SSSR count). The number of hydrogen-bond acceptors (Lipinski definition) is 5. The third-order valence-electron chi connectivity index (χ3n) is 2.67. The van der Waals surface area contributed by atoms with Gasteiger partial charge in [0.05, 0.1) is 4.90 Å². The van der Waals surface area contributed by atoms with Crippen molar-refractivity contribution in [3.05, 3.63) is 36.4 Å². The monoisotopic (exact) mass is 280 g/mol. The minimum absolute atomic E-state index is 0.0635. The Morgan fingerprint density at radius 3 is 2.74 bits per heavy atom. The van der Waals surface area contributed by atoms with E-state index in [1.54, 1.807) is 16.8 Å². The lowest BCUT2D eigenvalue weighted by atomic mass is 10.3. The van der Waals surface area contributed by atoms with E-state index in [1.165, 1.54) is 18.5 Å². The summed E-state index contributed by atoms with van der Waals surface area (Å²) in [6.07, 6.45) is 1.37. The van der Waals surface area contributed by atoms with Crippen LogP contribution in [0.2, 0.25) is 0 Å². The molecule has 19 heavy (non-hydrogen) atoms. The quantitative estimate of drug-likeness (QED) is 0.855. The molecule has 0 unspecified atom stereocenters. The van der Waals surface area contributed by atoms with Crippen LogP contribution in [0.15, 0.2) is 35.5 Å². The Kier molecular flexibility index (Phi) is 3.57. The van der Waals surface area contributed by atoms with Gasteiger partial charge in [-0.2, -0.15) is 5.10 Å². The van der Waals surface area contributed by atoms with Crippen molar-refractivity contribution in [3.63, 3.8) is 0 Å². The highest BCUT2D eigenvalue weighted by Crippen LogP contribution is 2.18. The Morgan fingerprint density at radius 1 is 1.37 bits per heavy atom. The van der Waals surface area contributed by atoms with Gasteiger partial charge in [0, 0.05) is 11.7 Å². The lowest BCUT2D eigenvalue weighted by molar-refractivity contribution is 0.510. The largest absolute Gasteiger partial charge is 0.399 e. The number of nitrogen functional groups attached to an aromatic ring is 1. The topological polar surface area (TPSA) is 90.9 Å². The van der Waals surface area contributed by atoms with E-state index >= 15 is 0 Å². The van der Waals surface area contributed by atoms with Gasteiger partial charge in [0.2, 0.25) is 0 Å². The average Bonchev–Trinajstić information content (AvgIpc) is 2.76. The average molecular weight is 280 g/mol. The van der Waals surface area contributed by atoms with Crippen molar-refractivity contribution >= 4 is 15.5 Å². The first-order valence-corrected chi connectivity index (χ1v) is 7.52. The molecule has 0 radical (unpaired) electrons. The number of anilines is 1. The van der Waals surface area contributed by atoms with Gasteiger partial charge in [-0.05, 0) is 32.0 Å². The van der Waals surface area contributed by atoms with E-state index in [1.807, 2.05) is 13.8 Å². The van der Waals surface area contributed by atoms with Crippen LogP contribution in [-0.2, 0) is 15.6 Å². The van der Waals surface area contributed by atoms with Crippen molar-refractivity contribution in [3.8, 4) is 0 Å². The number of benzene rings is 1. The maximum Gasteiger partial charge on any atom is 0.185 e. The molecule has 0 amide bonds. The zero-order valence-electron chi connectivity index (χ0n) is 10.8. The highest BCUT2D eigenvalue weighted by Gasteiger charge is 2.20. The smallest absolute Gasteiger partial charge is 0.185 e. The maximum absolute atomic E-state index is 12.3. The summed E-state index contributed by atoms with van der Waals surface area (Å²) in [5.74, 6) is 0.242. The van der Waals surface area contributed by atoms with Crippen LogP contribution in [0, 0.1) is 0 Å². The van der Waals surface area contributed by atoms with Gasteiger partial charge in [0.15, 0.2) is 9.84 Å². The first-order chi connectivity index (χ1) is 8.90. The summed E-state index contributed by atoms with van der Waals surface area (Å²) in [5.41, 5.74) is 6.03. The molecular weight excluding hydrogens is 264 g/mol. The van der Waals surface area contributed by atoms with Gasteiger partial charge in [0.1, 0.15) is 17.9 Å². The van der Waals surface area contributed by atoms with Crippen LogP contribution in [0.1, 0.15) is 25.7 Å². The van der Waals surface area contributed by atoms with Crippen LogP contribution >= 0.6 is 0 Å². The Balaban J connectivity index is 2.34. The Bertz CT molecular complexity index is 677. The summed E-state index contributed by atoms with van der Waals surface area (Å²) >= 11 is 0. The molecule has 0 aliphatic heterocycles. The molecule has 1 aromatic carbocycles. The summed E-state index contributed by atoms with van der Waals surface area (Å²) in [6.45, 7) is 3.84. The van der Waals surface area contributed by atoms with Gasteiger partial charge < -0.3 is 5.73 Å². The molecule has 1 heterocycles. The van der Waals surface area contributed by atoms with Crippen LogP contribution in [0.5, 0.6) is 0 Å². The van der Waals surface area contributed by atoms with Gasteiger partial charge in [-0.3, -0.25) is 0 Å². The standard InChI is InChI=1S/C12H16N4O2S/c1-9(2)16-12(14-8-15-16)7-19(17,18)11-5-3-4-10(13)6-11/h3-6,8-9H,7,13H2,1-2H3. The van der Waals surface area contributed by atoms with Gasteiger partial charge in [-0.1, -0.05) is 6.07 Å². The molecular formula is C12H16N4O2S. The fourth-order valence-electron chi connectivity index (χ4n) is 1.77. The molecule has 0 saturated heterocycles. The SMILES string of the molecule is CC(C)n1ncnc1CS(=O)(=O)c1cccc(N)c1. The first-order valence-electron chi connectivity index (χ1n) is 5.87. The van der Waals surface area contributed by atoms with Crippen LogP contribution in [0.3, 0.4) is 0 Å². The van der Waals surface area contributed by atoms with E-state index in [2.05, 4.69) is 10.1 Å². The lowest BCUT2D eigenvalue weighted by Gasteiger charge is -2.10. The molecule has 6 nitrogen and oxygen atoms in total. The first kappa shape index (κ1) is 13.5. The van der Waals surface area contributed by atoms with Gasteiger partial charge in [0.25, 0.3) is 0 Å². The summed E-state index contributed by atoms with van der Waals surface area (Å²) in [6, 6.07) is 6.31. The minimum atomic E-state index is -3.47. The molecule has 2 N–H and O–H groups in total. The van der Waals surface area contributed by atoms with Crippen molar-refractivity contribution in [1.82, 2.24) is 14.8 Å². The zero-order valence-corrected chi connectivity index (χ0v) is 11.6. The number of nitrogens with zero attached hydrogens (tertiary/aromatic N) is 3. The normalized spacial score (nSPS) is 11.9. The van der Waals surface area contributed by atoms with E-state index in [0.717, 1.165) is 0 Å². The number of sulfone groups is 1. The fraction of sp³-hybridized carbons (Fsp3) is 0.333. The van der Waals surface area contributed by atoms with Gasteiger partial charge >= 0.3 is 0 Å². The molecule has 7 heteroatoms. The van der Waals surface area contributed by atoms with Crippen molar-refractivity contribution in [2.45, 2.75) is 30.5 Å². The van der Waals surface area contributed by atoms with Crippen LogP contribution < -0.4 is 5.73 Å². The van der Waals surface area contributed by atoms with E-state index < -0.39 is 9.84 Å². The van der Waals surface area contributed by atoms with Crippen molar-refractivity contribution < 1.29 is 8.42 Å². The van der Waals surface area contributed by atoms with E-state index in [0.29, 0.717) is 11.5 Å². The van der Waals surface area contributed by atoms with Gasteiger partial charge in [-0.15, -0.1) is 0 Å². The zero-order chi connectivity index (χ0) is 14.0. The Morgan fingerprint density at radius 2 is 2.11 bits per heavy atom. The molecule has 0 fully saturated rings. The predicted octanol–water partition coefficient (Wildman–Crippen LogP) is 1.42. The number of rotatable bonds is 4. The maximum atomic E-state index is 12.3. The highest BCUT2D eigenvalue weighted by molar-refractivity contribution is 7.90. The van der Waals surface area contributed by atoms with E-state index in [9.17, 15) is 8.42 Å². The van der Waals surface area contributed by atoms with Crippen LogP contribution in [0.4, 0.5) is 5.69 Å². The van der Waals surface area contributed by atoms with Crippen molar-refractivity contribution in [2.24, 2.45) is 0 Å². The second-order valence-electron chi connectivity index (χ2n) is 4.55. The van der Waals surface area contributed by atoms with E-state index in [4.69, 9.17) is 5.73 Å². The molecule has 0 aliphatic carbocycles. The van der Waals surface area contributed by atoms with Crippen LogP contribution in [-0.4, -0.2) is 23.2 Å². The molecule has 1 aromatic heterocycles. The van der Waals surface area contributed by atoms with Crippen molar-refractivity contribution in [2.75, 3.05) is 5.73 Å². The molecule has 0 saturated carbocycles. The third kappa shape index (κ3) is 2.93. The summed E-state index contributed by atoms with van der Waals surface area (Å²) in [5, 5.41) is 4.03. The third-order valence-corrected chi connectivity index (χ3v) is 4.28. The Labute approximate surface area is 112 Å². The molecule has 102 valence electrons. The molecule has 0 spiro atoms. The number of aromatic nitrogens is 3. The molecule has 2 aromatic rings. The minimum Gasteiger partial charge on any atom is -0.399 e. The fourth-order valence-corrected chi connectivity index (χ4v) is 3.08. The molecule has 0 aliphatic rings. The van der Waals surface area contributed by atoms with Crippen LogP contribution in [0.25, 0.3) is 0 Å². The summed E-state index contributed by atoms with van der Waals surface area (Å²) in [4.78, 5) is 4.21. The summed E-state index contributed by atoms with van der Waals surface area (Å²) < 4.78 is 26.2. The highest BCUT2D eigenvalue weighted by atomic mass is 32.2. The lowest BCUT2D eigenvalue weighted by Crippen LogP contribution is -2.13. The summed E-state index contributed by atoms with van der Waals surface area (Å²) in [7, 11) is -3.47. The molecule has 0 bridgehead atoms. The van der Waals surface area contributed by atoms with E-state index in [-0.39, 0.29) is 16.7 Å². The number of nitrogens with two attached hydrogens (primary N) is 1. The second-order valence-corrected chi connectivity index (χ2v) is 6.54. The number of hydrogen-bond donors (Lipinski definition) is 1. The van der Waals surface area contributed by atoms with Crippen molar-refractivity contribution in [1.29, 1.82) is 0 Å². The molecule has 0 atom stereocenters. The second kappa shape index (κ2) is 5.00.